The van der Waals surface area contributed by atoms with Crippen molar-refractivity contribution in [1.29, 1.82) is 0 Å². The van der Waals surface area contributed by atoms with Gasteiger partial charge < -0.3 is 4.74 Å². The molecule has 2 unspecified atom stereocenters. The van der Waals surface area contributed by atoms with Crippen LogP contribution in [0, 0.1) is 29.6 Å². The molecule has 0 fully saturated rings. The fourth-order valence-corrected chi connectivity index (χ4v) is 4.11. The zero-order valence-corrected chi connectivity index (χ0v) is 21.3. The number of amides is 1. The minimum Gasteiger partial charge on any atom is -0.481 e. The van der Waals surface area contributed by atoms with Crippen molar-refractivity contribution in [2.75, 3.05) is 26.2 Å². The molecule has 0 aliphatic rings. The molecule has 0 aliphatic carbocycles. The molecule has 1 amide bonds. The van der Waals surface area contributed by atoms with Crippen molar-refractivity contribution in [2.24, 2.45) is 5.92 Å². The second-order valence-electron chi connectivity index (χ2n) is 7.26. The maximum absolute atomic E-state index is 13.4. The van der Waals surface area contributed by atoms with E-state index in [-0.39, 0.29) is 29.8 Å². The van der Waals surface area contributed by atoms with Crippen molar-refractivity contribution in [3.05, 3.63) is 24.3 Å². The molecule has 1 aromatic rings. The lowest BCUT2D eigenvalue weighted by Gasteiger charge is -2.24. The molecule has 0 saturated heterocycles. The van der Waals surface area contributed by atoms with Crippen LogP contribution in [0.5, 0.6) is 5.75 Å². The van der Waals surface area contributed by atoms with Crippen molar-refractivity contribution in [3.8, 4) is 29.4 Å². The van der Waals surface area contributed by atoms with E-state index in [0.717, 1.165) is 13.1 Å². The molecule has 0 aromatic heterocycles. The van der Waals surface area contributed by atoms with Crippen LogP contribution in [0.1, 0.15) is 34.6 Å². The van der Waals surface area contributed by atoms with E-state index >= 15 is 0 Å². The van der Waals surface area contributed by atoms with Crippen molar-refractivity contribution in [2.45, 2.75) is 50.9 Å². The lowest BCUT2D eigenvalue weighted by Crippen LogP contribution is -2.52. The molecule has 0 bridgehead atoms. The highest BCUT2D eigenvalue weighted by Gasteiger charge is 2.32. The maximum Gasteiger partial charge on any atom is 0.260 e. The van der Waals surface area contributed by atoms with Crippen molar-refractivity contribution >= 4 is 28.2 Å². The SMILES string of the molecule is CC#CCOc1ccc(S(=O)(=O)C(C#CCN(CC)CC)NC(C(=O)NO)C(C)C)cc1.Cl. The molecule has 1 aromatic carbocycles. The summed E-state index contributed by atoms with van der Waals surface area (Å²) >= 11 is 0. The molecule has 184 valence electrons. The highest BCUT2D eigenvalue weighted by molar-refractivity contribution is 7.92. The number of hydrogen-bond acceptors (Lipinski definition) is 7. The maximum atomic E-state index is 13.4. The number of nitrogens with one attached hydrogen (secondary N) is 2. The zero-order valence-electron chi connectivity index (χ0n) is 19.7. The van der Waals surface area contributed by atoms with Gasteiger partial charge in [0.05, 0.1) is 17.5 Å². The second-order valence-corrected chi connectivity index (χ2v) is 9.29. The lowest BCUT2D eigenvalue weighted by molar-refractivity contribution is -0.132. The molecule has 3 N–H and O–H groups in total. The number of halogens is 1. The van der Waals surface area contributed by atoms with Gasteiger partial charge in [0.25, 0.3) is 5.91 Å². The van der Waals surface area contributed by atoms with Crippen LogP contribution in [-0.4, -0.2) is 62.1 Å². The summed E-state index contributed by atoms with van der Waals surface area (Å²) in [5.41, 5.74) is 1.59. The zero-order chi connectivity index (χ0) is 24.1. The topological polar surface area (TPSA) is 108 Å². The molecule has 10 heteroatoms. The molecular formula is C23H34ClN3O5S. The van der Waals surface area contributed by atoms with Crippen LogP contribution < -0.4 is 15.5 Å². The number of benzene rings is 1. The standard InChI is InChI=1S/C23H33N3O5S.ClH/c1-6-9-17-31-19-12-14-20(15-13-19)32(29,30)21(11-10-16-26(7-2)8-3)24-22(18(4)5)23(27)25-28;/h12-15,18,21-22,24,28H,7-8,16-17H2,1-5H3,(H,25,27);1H. The van der Waals surface area contributed by atoms with E-state index < -0.39 is 27.2 Å². The third-order valence-corrected chi connectivity index (χ3v) is 6.57. The number of hydrogen-bond donors (Lipinski definition) is 3. The van der Waals surface area contributed by atoms with Gasteiger partial charge in [-0.1, -0.05) is 45.5 Å². The molecule has 33 heavy (non-hydrogen) atoms. The first kappa shape index (κ1) is 30.7. The minimum atomic E-state index is -3.97. The first-order valence-corrected chi connectivity index (χ1v) is 12.0. The normalized spacial score (nSPS) is 12.5. The van der Waals surface area contributed by atoms with Gasteiger partial charge in [-0.25, -0.2) is 13.9 Å². The number of hydroxylamine groups is 1. The number of sulfone groups is 1. The molecule has 0 aliphatic heterocycles. The Bertz CT molecular complexity index is 956. The van der Waals surface area contributed by atoms with Gasteiger partial charge in [-0.3, -0.25) is 20.2 Å². The third-order valence-electron chi connectivity index (χ3n) is 4.77. The number of ether oxygens (including phenoxy) is 1. The summed E-state index contributed by atoms with van der Waals surface area (Å²) in [6, 6.07) is 5.00. The highest BCUT2D eigenvalue weighted by atomic mass is 35.5. The summed E-state index contributed by atoms with van der Waals surface area (Å²) in [5, 5.41) is 10.5. The smallest absolute Gasteiger partial charge is 0.260 e. The Morgan fingerprint density at radius 1 is 1.15 bits per heavy atom. The highest BCUT2D eigenvalue weighted by Crippen LogP contribution is 2.20. The van der Waals surface area contributed by atoms with E-state index in [9.17, 15) is 13.2 Å². The minimum absolute atomic E-state index is 0. The summed E-state index contributed by atoms with van der Waals surface area (Å²) < 4.78 is 32.1. The van der Waals surface area contributed by atoms with Gasteiger partial charge in [-0.2, -0.15) is 0 Å². The van der Waals surface area contributed by atoms with E-state index in [0.29, 0.717) is 12.3 Å². The molecule has 1 rings (SSSR count). The van der Waals surface area contributed by atoms with Gasteiger partial charge in [-0.15, -0.1) is 18.3 Å². The van der Waals surface area contributed by atoms with Crippen LogP contribution in [0.15, 0.2) is 29.2 Å². The molecular weight excluding hydrogens is 466 g/mol. The third kappa shape index (κ3) is 9.63. The van der Waals surface area contributed by atoms with E-state index in [2.05, 4.69) is 29.0 Å². The Morgan fingerprint density at radius 2 is 1.76 bits per heavy atom. The molecule has 0 radical (unpaired) electrons. The molecule has 2 atom stereocenters. The Balaban J connectivity index is 0.0000102. The van der Waals surface area contributed by atoms with E-state index in [1.165, 1.54) is 12.1 Å². The van der Waals surface area contributed by atoms with Gasteiger partial charge in [0, 0.05) is 0 Å². The van der Waals surface area contributed by atoms with Gasteiger partial charge in [0.2, 0.25) is 9.84 Å². The fraction of sp³-hybridized carbons (Fsp3) is 0.522. The van der Waals surface area contributed by atoms with Crippen LogP contribution >= 0.6 is 12.4 Å². The van der Waals surface area contributed by atoms with Gasteiger partial charge in [-0.05, 0) is 50.2 Å². The monoisotopic (exact) mass is 499 g/mol. The summed E-state index contributed by atoms with van der Waals surface area (Å²) in [6.07, 6.45) is 0. The van der Waals surface area contributed by atoms with Crippen LogP contribution in [0.4, 0.5) is 0 Å². The van der Waals surface area contributed by atoms with Crippen LogP contribution in [0.3, 0.4) is 0 Å². The van der Waals surface area contributed by atoms with Gasteiger partial charge in [0.15, 0.2) is 5.37 Å². The summed E-state index contributed by atoms with van der Waals surface area (Å²) in [7, 11) is -3.97. The average Bonchev–Trinajstić information content (AvgIpc) is 2.78. The van der Waals surface area contributed by atoms with Crippen LogP contribution in [0.25, 0.3) is 0 Å². The van der Waals surface area contributed by atoms with E-state index in [4.69, 9.17) is 9.94 Å². The second kappa shape index (κ2) is 15.5. The Hall–Kier alpha value is -2.27. The summed E-state index contributed by atoms with van der Waals surface area (Å²) in [6.45, 7) is 11.3. The average molecular weight is 500 g/mol. The fourth-order valence-electron chi connectivity index (χ4n) is 2.76. The first-order valence-electron chi connectivity index (χ1n) is 10.5. The number of carbonyl (C=O) groups excluding carboxylic acids is 1. The Labute approximate surface area is 203 Å². The molecule has 0 spiro atoms. The van der Waals surface area contributed by atoms with Crippen molar-refractivity contribution in [3.63, 3.8) is 0 Å². The summed E-state index contributed by atoms with van der Waals surface area (Å²) in [5.74, 6) is 10.6. The van der Waals surface area contributed by atoms with E-state index in [1.54, 1.807) is 38.4 Å². The van der Waals surface area contributed by atoms with Crippen molar-refractivity contribution < 1.29 is 23.2 Å². The van der Waals surface area contributed by atoms with Crippen LogP contribution in [0.2, 0.25) is 0 Å². The number of nitrogens with zero attached hydrogens (tertiary/aromatic N) is 1. The Morgan fingerprint density at radius 3 is 2.24 bits per heavy atom. The van der Waals surface area contributed by atoms with Gasteiger partial charge >= 0.3 is 0 Å². The van der Waals surface area contributed by atoms with Crippen LogP contribution in [-0.2, 0) is 14.6 Å². The molecule has 0 heterocycles. The Kier molecular flexibility index (Phi) is 14.5. The molecule has 8 nitrogen and oxygen atoms in total. The first-order chi connectivity index (χ1) is 15.2. The number of rotatable bonds is 11. The quantitative estimate of drug-likeness (QED) is 0.243. The molecule has 0 saturated carbocycles. The predicted molar refractivity (Wildman–Crippen MR) is 131 cm³/mol. The lowest BCUT2D eigenvalue weighted by atomic mass is 10.0. The largest absolute Gasteiger partial charge is 0.481 e. The predicted octanol–water partition coefficient (Wildman–Crippen LogP) is 2.08. The summed E-state index contributed by atoms with van der Waals surface area (Å²) in [4.78, 5) is 14.2. The number of carbonyl (C=O) groups is 1. The van der Waals surface area contributed by atoms with Crippen molar-refractivity contribution in [1.82, 2.24) is 15.7 Å². The van der Waals surface area contributed by atoms with Gasteiger partial charge in [0.1, 0.15) is 12.4 Å². The van der Waals surface area contributed by atoms with E-state index in [1.807, 2.05) is 18.7 Å².